The van der Waals surface area contributed by atoms with Crippen molar-refractivity contribution in [3.05, 3.63) is 0 Å². The number of phosphoric acid groups is 2. The van der Waals surface area contributed by atoms with Crippen LogP contribution in [0.3, 0.4) is 0 Å². The maximum atomic E-state index is 13.1. The number of aliphatic hydroxyl groups is 1. The third-order valence-corrected chi connectivity index (χ3v) is 20.9. The molecule has 19 heteroatoms. The van der Waals surface area contributed by atoms with E-state index in [0.29, 0.717) is 25.7 Å². The molecular weight excluding hydrogens is 1310 g/mol. The Morgan fingerprint density at radius 3 is 0.680 bits per heavy atom. The van der Waals surface area contributed by atoms with Crippen molar-refractivity contribution in [1.29, 1.82) is 0 Å². The Bertz CT molecular complexity index is 1920. The first-order valence-electron chi connectivity index (χ1n) is 42.0. The summed E-state index contributed by atoms with van der Waals surface area (Å²) in [5.41, 5.74) is 0. The van der Waals surface area contributed by atoms with Gasteiger partial charge in [0.15, 0.2) is 12.2 Å². The predicted molar refractivity (Wildman–Crippen MR) is 409 cm³/mol. The monoisotopic (exact) mass is 1470 g/mol. The van der Waals surface area contributed by atoms with E-state index in [4.69, 9.17) is 37.0 Å². The highest BCUT2D eigenvalue weighted by Crippen LogP contribution is 2.45. The Hall–Kier alpha value is -1.94. The van der Waals surface area contributed by atoms with Crippen molar-refractivity contribution in [2.75, 3.05) is 39.6 Å². The Morgan fingerprint density at radius 1 is 0.270 bits per heavy atom. The van der Waals surface area contributed by atoms with Gasteiger partial charge in [-0.1, -0.05) is 375 Å². The molecule has 0 aromatic rings. The van der Waals surface area contributed by atoms with Gasteiger partial charge in [0.05, 0.1) is 26.4 Å². The number of phosphoric ester groups is 2. The standard InChI is InChI=1S/C81H158O17P2/c1-7-9-11-13-15-17-19-21-25-30-33-39-45-51-57-63-78(83)91-69-76(97-81(86)66-60-54-48-41-35-31-27-24-23-26-28-32-37-43-49-55-61-73(3)4)71-95-99(87,88)93-67-75(82)68-94-100(89,90)96-72-77(70-92-79(84)64-58-52-46-42-36-38-44-50-56-62-74(5)6)98-80(85)65-59-53-47-40-34-29-22-20-18-16-14-12-10-8-2/h73-77,82H,7-72H2,1-6H3,(H,87,88)(H,89,90)/t75-,76-,77-/m1/s1. The zero-order valence-corrected chi connectivity index (χ0v) is 67.3. The molecule has 0 aliphatic carbocycles. The van der Waals surface area contributed by atoms with Gasteiger partial charge in [-0.05, 0) is 37.5 Å². The smallest absolute Gasteiger partial charge is 0.462 e. The van der Waals surface area contributed by atoms with Crippen LogP contribution in [0.1, 0.15) is 427 Å². The number of ether oxygens (including phenoxy) is 4. The fourth-order valence-electron chi connectivity index (χ4n) is 12.5. The summed E-state index contributed by atoms with van der Waals surface area (Å²) < 4.78 is 68.7. The average Bonchev–Trinajstić information content (AvgIpc) is 1.36. The molecule has 0 fully saturated rings. The molecule has 0 aromatic heterocycles. The molecule has 0 radical (unpaired) electrons. The molecule has 17 nitrogen and oxygen atoms in total. The molecule has 0 heterocycles. The lowest BCUT2D eigenvalue weighted by atomic mass is 10.0. The van der Waals surface area contributed by atoms with Crippen molar-refractivity contribution < 1.29 is 80.2 Å². The van der Waals surface area contributed by atoms with Crippen molar-refractivity contribution in [2.45, 2.75) is 445 Å². The zero-order chi connectivity index (χ0) is 73.5. The van der Waals surface area contributed by atoms with Gasteiger partial charge in [-0.25, -0.2) is 9.13 Å². The number of carbonyl (C=O) groups is 4. The second-order valence-corrected chi connectivity index (χ2v) is 33.0. The number of esters is 4. The van der Waals surface area contributed by atoms with Crippen LogP contribution in [-0.4, -0.2) is 96.7 Å². The summed E-state index contributed by atoms with van der Waals surface area (Å²) in [7, 11) is -9.92. The van der Waals surface area contributed by atoms with Crippen LogP contribution in [0.25, 0.3) is 0 Å². The SMILES string of the molecule is CCCCCCCCCCCCCCCCCC(=O)OC[C@H](COP(=O)(O)OC[C@@H](O)COP(=O)(O)OC[C@@H](COC(=O)CCCCCCCCCCCC(C)C)OC(=O)CCCCCCCCCCCCCCCC)OC(=O)CCCCCCCCCCCCCCCCCCC(C)C. The minimum Gasteiger partial charge on any atom is -0.462 e. The van der Waals surface area contributed by atoms with Crippen LogP contribution in [0.5, 0.6) is 0 Å². The average molecular weight is 1470 g/mol. The molecule has 0 amide bonds. The molecular formula is C81H158O17P2. The summed E-state index contributed by atoms with van der Waals surface area (Å²) in [6.45, 7) is 9.66. The summed E-state index contributed by atoms with van der Waals surface area (Å²) in [5.74, 6) is -0.553. The van der Waals surface area contributed by atoms with Gasteiger partial charge in [-0.15, -0.1) is 0 Å². The Morgan fingerprint density at radius 2 is 0.460 bits per heavy atom. The van der Waals surface area contributed by atoms with E-state index in [1.165, 1.54) is 244 Å². The lowest BCUT2D eigenvalue weighted by Crippen LogP contribution is -2.30. The maximum absolute atomic E-state index is 13.1. The van der Waals surface area contributed by atoms with Crippen molar-refractivity contribution in [2.24, 2.45) is 11.8 Å². The Kier molecular flexibility index (Phi) is 71.2. The van der Waals surface area contributed by atoms with Crippen molar-refractivity contribution in [1.82, 2.24) is 0 Å². The van der Waals surface area contributed by atoms with Crippen molar-refractivity contribution in [3.8, 4) is 0 Å². The molecule has 594 valence electrons. The minimum atomic E-state index is -4.96. The highest BCUT2D eigenvalue weighted by Gasteiger charge is 2.30. The molecule has 0 rings (SSSR count). The summed E-state index contributed by atoms with van der Waals surface area (Å²) in [6, 6.07) is 0. The van der Waals surface area contributed by atoms with E-state index in [0.717, 1.165) is 102 Å². The quantitative estimate of drug-likeness (QED) is 0.0222. The molecule has 3 N–H and O–H groups in total. The number of hydrogen-bond acceptors (Lipinski definition) is 15. The fourth-order valence-corrected chi connectivity index (χ4v) is 14.1. The van der Waals surface area contributed by atoms with Gasteiger partial charge < -0.3 is 33.8 Å². The molecule has 0 saturated heterocycles. The van der Waals surface area contributed by atoms with Gasteiger partial charge in [-0.2, -0.15) is 0 Å². The summed E-state index contributed by atoms with van der Waals surface area (Å²) in [5, 5.41) is 10.6. The Balaban J connectivity index is 5.25. The van der Waals surface area contributed by atoms with Crippen LogP contribution in [0, 0.1) is 11.8 Å². The van der Waals surface area contributed by atoms with Crippen LogP contribution in [0.2, 0.25) is 0 Å². The highest BCUT2D eigenvalue weighted by molar-refractivity contribution is 7.47. The topological polar surface area (TPSA) is 237 Å². The van der Waals surface area contributed by atoms with E-state index in [1.807, 2.05) is 0 Å². The molecule has 5 atom stereocenters. The first kappa shape index (κ1) is 98.1. The van der Waals surface area contributed by atoms with Crippen LogP contribution in [-0.2, 0) is 65.4 Å². The number of carbonyl (C=O) groups excluding carboxylic acids is 4. The third kappa shape index (κ3) is 74.3. The second-order valence-electron chi connectivity index (χ2n) is 30.1. The predicted octanol–water partition coefficient (Wildman–Crippen LogP) is 24.3. The van der Waals surface area contributed by atoms with Crippen molar-refractivity contribution >= 4 is 39.5 Å². The number of rotatable bonds is 80. The number of unbranched alkanes of at least 4 members (excludes halogenated alkanes) is 50. The third-order valence-electron chi connectivity index (χ3n) is 19.0. The normalized spacial score (nSPS) is 13.9. The lowest BCUT2D eigenvalue weighted by Gasteiger charge is -2.21. The van der Waals surface area contributed by atoms with Gasteiger partial charge in [0.2, 0.25) is 0 Å². The maximum Gasteiger partial charge on any atom is 0.472 e. The largest absolute Gasteiger partial charge is 0.472 e. The molecule has 100 heavy (non-hydrogen) atoms. The van der Waals surface area contributed by atoms with E-state index >= 15 is 0 Å². The Labute approximate surface area is 613 Å². The van der Waals surface area contributed by atoms with Gasteiger partial charge in [0.25, 0.3) is 0 Å². The van der Waals surface area contributed by atoms with E-state index in [-0.39, 0.29) is 25.7 Å². The summed E-state index contributed by atoms with van der Waals surface area (Å²) in [4.78, 5) is 73.1. The lowest BCUT2D eigenvalue weighted by molar-refractivity contribution is -0.161. The number of aliphatic hydroxyl groups excluding tert-OH is 1. The molecule has 0 saturated carbocycles. The van der Waals surface area contributed by atoms with Gasteiger partial charge >= 0.3 is 39.5 Å². The van der Waals surface area contributed by atoms with Crippen LogP contribution >= 0.6 is 15.6 Å². The molecule has 0 spiro atoms. The van der Waals surface area contributed by atoms with Gasteiger partial charge in [-0.3, -0.25) is 37.3 Å². The molecule has 0 aromatic carbocycles. The van der Waals surface area contributed by atoms with E-state index < -0.39 is 97.5 Å². The van der Waals surface area contributed by atoms with Crippen molar-refractivity contribution in [3.63, 3.8) is 0 Å². The highest BCUT2D eigenvalue weighted by atomic mass is 31.2. The van der Waals surface area contributed by atoms with Gasteiger partial charge in [0.1, 0.15) is 19.3 Å². The fraction of sp³-hybridized carbons (Fsp3) is 0.951. The molecule has 0 aliphatic rings. The summed E-state index contributed by atoms with van der Waals surface area (Å²) in [6.07, 6.45) is 62.3. The zero-order valence-electron chi connectivity index (χ0n) is 65.5. The number of hydrogen-bond donors (Lipinski definition) is 3. The van der Waals surface area contributed by atoms with E-state index in [1.54, 1.807) is 0 Å². The summed E-state index contributed by atoms with van der Waals surface area (Å²) >= 11 is 0. The van der Waals surface area contributed by atoms with Crippen LogP contribution in [0.15, 0.2) is 0 Å². The molecule has 2 unspecified atom stereocenters. The molecule has 0 aliphatic heterocycles. The first-order chi connectivity index (χ1) is 48.4. The minimum absolute atomic E-state index is 0.108. The van der Waals surface area contributed by atoms with Crippen LogP contribution < -0.4 is 0 Å². The van der Waals surface area contributed by atoms with Crippen LogP contribution in [0.4, 0.5) is 0 Å². The first-order valence-corrected chi connectivity index (χ1v) is 45.0. The van der Waals surface area contributed by atoms with Gasteiger partial charge in [0, 0.05) is 25.7 Å². The molecule has 0 bridgehead atoms. The second kappa shape index (κ2) is 72.6. The van der Waals surface area contributed by atoms with E-state index in [9.17, 15) is 43.2 Å². The van der Waals surface area contributed by atoms with E-state index in [2.05, 4.69) is 41.5 Å².